The van der Waals surface area contributed by atoms with Crippen molar-refractivity contribution in [1.29, 1.82) is 0 Å². The summed E-state index contributed by atoms with van der Waals surface area (Å²) in [5, 5.41) is 10.5. The number of nitrogens with zero attached hydrogens (tertiary/aromatic N) is 2. The zero-order chi connectivity index (χ0) is 17.1. The van der Waals surface area contributed by atoms with Crippen LogP contribution in [0.1, 0.15) is 45.3 Å². The highest BCUT2D eigenvalue weighted by atomic mass is 16.2. The number of benzene rings is 1. The molecule has 7 nitrogen and oxygen atoms in total. The van der Waals surface area contributed by atoms with Crippen LogP contribution in [0.25, 0.3) is 0 Å². The Morgan fingerprint density at radius 2 is 2.21 bits per heavy atom. The highest BCUT2D eigenvalue weighted by Crippen LogP contribution is 2.19. The fourth-order valence-electron chi connectivity index (χ4n) is 2.82. The summed E-state index contributed by atoms with van der Waals surface area (Å²) < 4.78 is 1.84. The maximum atomic E-state index is 12.4. The van der Waals surface area contributed by atoms with Crippen molar-refractivity contribution < 1.29 is 9.59 Å². The number of amides is 2. The van der Waals surface area contributed by atoms with Gasteiger partial charge < -0.3 is 16.4 Å². The van der Waals surface area contributed by atoms with Gasteiger partial charge in [-0.3, -0.25) is 14.3 Å². The van der Waals surface area contributed by atoms with E-state index < -0.39 is 5.91 Å². The smallest absolute Gasteiger partial charge is 0.276 e. The minimum atomic E-state index is -0.528. The number of anilines is 1. The molecule has 1 aromatic carbocycles. The van der Waals surface area contributed by atoms with Crippen LogP contribution < -0.4 is 16.4 Å². The van der Waals surface area contributed by atoms with E-state index >= 15 is 0 Å². The molecule has 2 amide bonds. The first-order valence-corrected chi connectivity index (χ1v) is 8.02. The van der Waals surface area contributed by atoms with Gasteiger partial charge in [-0.05, 0) is 50.1 Å². The van der Waals surface area contributed by atoms with Gasteiger partial charge in [0, 0.05) is 24.0 Å². The summed E-state index contributed by atoms with van der Waals surface area (Å²) in [6.45, 7) is 3.75. The monoisotopic (exact) mass is 327 g/mol. The van der Waals surface area contributed by atoms with Gasteiger partial charge in [0.05, 0.1) is 6.04 Å². The first kappa shape index (κ1) is 16.2. The predicted octanol–water partition coefficient (Wildman–Crippen LogP) is 1.47. The molecule has 24 heavy (non-hydrogen) atoms. The van der Waals surface area contributed by atoms with Crippen LogP contribution in [0.2, 0.25) is 0 Å². The van der Waals surface area contributed by atoms with Gasteiger partial charge in [0.25, 0.3) is 5.91 Å². The Labute approximate surface area is 140 Å². The number of nitrogens with one attached hydrogen (secondary N) is 2. The molecule has 4 N–H and O–H groups in total. The molecule has 1 atom stereocenters. The lowest BCUT2D eigenvalue weighted by atomic mass is 10.1. The lowest BCUT2D eigenvalue weighted by Gasteiger charge is -2.22. The molecule has 1 aliphatic heterocycles. The zero-order valence-corrected chi connectivity index (χ0v) is 13.6. The van der Waals surface area contributed by atoms with Crippen molar-refractivity contribution in [2.24, 2.45) is 5.73 Å². The van der Waals surface area contributed by atoms with Gasteiger partial charge in [-0.15, -0.1) is 0 Å². The van der Waals surface area contributed by atoms with Crippen molar-refractivity contribution in [3.63, 3.8) is 0 Å². The summed E-state index contributed by atoms with van der Waals surface area (Å²) in [5.41, 5.74) is 7.41. The number of rotatable bonds is 4. The summed E-state index contributed by atoms with van der Waals surface area (Å²) in [6.07, 6.45) is 3.99. The third-order valence-electron chi connectivity index (χ3n) is 4.26. The number of nitrogens with two attached hydrogens (primary N) is 1. The van der Waals surface area contributed by atoms with Crippen molar-refractivity contribution in [2.45, 2.75) is 25.8 Å². The Balaban J connectivity index is 1.74. The van der Waals surface area contributed by atoms with E-state index in [2.05, 4.69) is 15.7 Å². The minimum Gasteiger partial charge on any atom is -0.366 e. The highest BCUT2D eigenvalue weighted by Gasteiger charge is 2.18. The molecular formula is C17H21N5O2. The van der Waals surface area contributed by atoms with Gasteiger partial charge in [0.15, 0.2) is 5.69 Å². The Morgan fingerprint density at radius 3 is 2.92 bits per heavy atom. The molecule has 126 valence electrons. The SMILES string of the molecule is Cc1ccc(C(N)=O)cc1NC(=O)c1ccn(C2CCCNC2)n1. The van der Waals surface area contributed by atoms with Gasteiger partial charge in [0.1, 0.15) is 0 Å². The van der Waals surface area contributed by atoms with Crippen LogP contribution in [0.4, 0.5) is 5.69 Å². The zero-order valence-electron chi connectivity index (χ0n) is 13.6. The molecule has 7 heteroatoms. The van der Waals surface area contributed by atoms with Crippen LogP contribution >= 0.6 is 0 Å². The molecule has 2 heterocycles. The van der Waals surface area contributed by atoms with E-state index in [1.54, 1.807) is 24.3 Å². The van der Waals surface area contributed by atoms with Crippen LogP contribution in [0, 0.1) is 6.92 Å². The third-order valence-corrected chi connectivity index (χ3v) is 4.26. The van der Waals surface area contributed by atoms with Crippen molar-refractivity contribution >= 4 is 17.5 Å². The van der Waals surface area contributed by atoms with Crippen molar-refractivity contribution in [3.05, 3.63) is 47.3 Å². The Morgan fingerprint density at radius 1 is 1.38 bits per heavy atom. The van der Waals surface area contributed by atoms with Gasteiger partial charge in [-0.25, -0.2) is 0 Å². The van der Waals surface area contributed by atoms with E-state index in [0.29, 0.717) is 16.9 Å². The van der Waals surface area contributed by atoms with Crippen LogP contribution in [-0.2, 0) is 0 Å². The second-order valence-corrected chi connectivity index (χ2v) is 6.03. The van der Waals surface area contributed by atoms with Gasteiger partial charge >= 0.3 is 0 Å². The summed E-state index contributed by atoms with van der Waals surface area (Å²) in [7, 11) is 0. The van der Waals surface area contributed by atoms with Gasteiger partial charge in [-0.2, -0.15) is 5.10 Å². The highest BCUT2D eigenvalue weighted by molar-refractivity contribution is 6.04. The third kappa shape index (κ3) is 3.46. The molecule has 0 spiro atoms. The molecule has 1 fully saturated rings. The van der Waals surface area contributed by atoms with Crippen molar-refractivity contribution in [3.8, 4) is 0 Å². The lowest BCUT2D eigenvalue weighted by Crippen LogP contribution is -2.32. The lowest BCUT2D eigenvalue weighted by molar-refractivity contribution is 0.0995. The molecule has 1 aromatic heterocycles. The van der Waals surface area contributed by atoms with Crippen molar-refractivity contribution in [1.82, 2.24) is 15.1 Å². The molecule has 1 saturated heterocycles. The summed E-state index contributed by atoms with van der Waals surface area (Å²) in [5.74, 6) is -0.832. The van der Waals surface area contributed by atoms with Gasteiger partial charge in [-0.1, -0.05) is 6.07 Å². The van der Waals surface area contributed by atoms with E-state index in [1.165, 1.54) is 0 Å². The summed E-state index contributed by atoms with van der Waals surface area (Å²) in [4.78, 5) is 23.7. The van der Waals surface area contributed by atoms with Crippen molar-refractivity contribution in [2.75, 3.05) is 18.4 Å². The normalized spacial score (nSPS) is 17.5. The number of carbonyl (C=O) groups is 2. The number of piperidine rings is 1. The quantitative estimate of drug-likeness (QED) is 0.791. The standard InChI is InChI=1S/C17H21N5O2/c1-11-4-5-12(16(18)23)9-15(11)20-17(24)14-6-8-22(21-14)13-3-2-7-19-10-13/h4-6,8-9,13,19H,2-3,7,10H2,1H3,(H2,18,23)(H,20,24). The average molecular weight is 327 g/mol. The van der Waals surface area contributed by atoms with Crippen LogP contribution in [-0.4, -0.2) is 34.7 Å². The molecule has 0 bridgehead atoms. The molecular weight excluding hydrogens is 306 g/mol. The molecule has 1 aliphatic rings. The average Bonchev–Trinajstić information content (AvgIpc) is 3.07. The number of primary amides is 1. The number of hydrogen-bond acceptors (Lipinski definition) is 4. The number of hydrogen-bond donors (Lipinski definition) is 3. The maximum absolute atomic E-state index is 12.4. The Hall–Kier alpha value is -2.67. The summed E-state index contributed by atoms with van der Waals surface area (Å²) >= 11 is 0. The Bertz CT molecular complexity index is 762. The van der Waals surface area contributed by atoms with E-state index in [4.69, 9.17) is 5.73 Å². The molecule has 0 saturated carbocycles. The largest absolute Gasteiger partial charge is 0.366 e. The fourth-order valence-corrected chi connectivity index (χ4v) is 2.82. The van der Waals surface area contributed by atoms with E-state index in [-0.39, 0.29) is 11.9 Å². The molecule has 1 unspecified atom stereocenters. The number of aryl methyl sites for hydroxylation is 1. The first-order chi connectivity index (χ1) is 11.5. The van der Waals surface area contributed by atoms with E-state index in [1.807, 2.05) is 17.8 Å². The molecule has 0 aliphatic carbocycles. The minimum absolute atomic E-state index is 0.278. The summed E-state index contributed by atoms with van der Waals surface area (Å²) in [6, 6.07) is 6.95. The topological polar surface area (TPSA) is 102 Å². The predicted molar refractivity (Wildman–Crippen MR) is 91.0 cm³/mol. The van der Waals surface area contributed by atoms with E-state index in [9.17, 15) is 9.59 Å². The first-order valence-electron chi connectivity index (χ1n) is 8.02. The molecule has 3 rings (SSSR count). The molecule has 0 radical (unpaired) electrons. The van der Waals surface area contributed by atoms with E-state index in [0.717, 1.165) is 31.5 Å². The second kappa shape index (κ2) is 6.84. The maximum Gasteiger partial charge on any atom is 0.276 e. The Kier molecular flexibility index (Phi) is 4.61. The number of aromatic nitrogens is 2. The fraction of sp³-hybridized carbons (Fsp3) is 0.353. The van der Waals surface area contributed by atoms with Crippen LogP contribution in [0.15, 0.2) is 30.5 Å². The van der Waals surface area contributed by atoms with Crippen LogP contribution in [0.5, 0.6) is 0 Å². The van der Waals surface area contributed by atoms with Crippen LogP contribution in [0.3, 0.4) is 0 Å². The van der Waals surface area contributed by atoms with Gasteiger partial charge in [0.2, 0.25) is 5.91 Å². The molecule has 2 aromatic rings. The number of carbonyl (C=O) groups excluding carboxylic acids is 2. The second-order valence-electron chi connectivity index (χ2n) is 6.03.